The van der Waals surface area contributed by atoms with E-state index >= 15 is 0 Å². The second kappa shape index (κ2) is 6.16. The van der Waals surface area contributed by atoms with Gasteiger partial charge in [0.25, 0.3) is 0 Å². The zero-order chi connectivity index (χ0) is 15.7. The smallest absolute Gasteiger partial charge is 0.403 e. The molecule has 0 radical (unpaired) electrons. The fraction of sp³-hybridized carbons (Fsp3) is 0.529. The molecule has 1 heterocycles. The molecular weight excluding hydrogens is 282 g/mol. The van der Waals surface area contributed by atoms with Crippen LogP contribution in [0, 0.1) is 0 Å². The van der Waals surface area contributed by atoms with Gasteiger partial charge in [-0.3, -0.25) is 0 Å². The van der Waals surface area contributed by atoms with E-state index in [4.69, 9.17) is 20.9 Å². The molecular formula is C17H24BClO2. The van der Waals surface area contributed by atoms with Crippen molar-refractivity contribution in [3.8, 4) is 0 Å². The highest BCUT2D eigenvalue weighted by Gasteiger charge is 2.51. The monoisotopic (exact) mass is 306 g/mol. The molecule has 1 aromatic rings. The summed E-state index contributed by atoms with van der Waals surface area (Å²) < 4.78 is 12.2. The van der Waals surface area contributed by atoms with E-state index in [0.29, 0.717) is 5.92 Å². The van der Waals surface area contributed by atoms with Crippen LogP contribution in [0.3, 0.4) is 0 Å². The average Bonchev–Trinajstić information content (AvgIpc) is 2.57. The first-order chi connectivity index (χ1) is 9.75. The average molecular weight is 307 g/mol. The molecule has 0 amide bonds. The first kappa shape index (κ1) is 16.6. The minimum absolute atomic E-state index is 0.195. The van der Waals surface area contributed by atoms with E-state index in [2.05, 4.69) is 40.3 Å². The molecule has 1 saturated heterocycles. The Labute approximate surface area is 133 Å². The third kappa shape index (κ3) is 3.71. The lowest BCUT2D eigenvalue weighted by atomic mass is 9.73. The van der Waals surface area contributed by atoms with Crippen LogP contribution >= 0.6 is 11.6 Å². The summed E-state index contributed by atoms with van der Waals surface area (Å²) in [6, 6.07) is 8.00. The third-order valence-electron chi connectivity index (χ3n) is 4.55. The predicted octanol–water partition coefficient (Wildman–Crippen LogP) is 5.09. The van der Waals surface area contributed by atoms with Crippen molar-refractivity contribution in [3.05, 3.63) is 47.5 Å². The van der Waals surface area contributed by atoms with Gasteiger partial charge in [-0.05, 0) is 64.1 Å². The highest BCUT2D eigenvalue weighted by atomic mass is 35.5. The van der Waals surface area contributed by atoms with Gasteiger partial charge in [-0.1, -0.05) is 29.8 Å². The Hall–Kier alpha value is -0.765. The molecule has 4 heteroatoms. The van der Waals surface area contributed by atoms with Crippen molar-refractivity contribution in [1.29, 1.82) is 0 Å². The zero-order valence-corrected chi connectivity index (χ0v) is 14.1. The summed E-state index contributed by atoms with van der Waals surface area (Å²) in [5.74, 6) is 0.302. The zero-order valence-electron chi connectivity index (χ0n) is 13.4. The number of halogens is 1. The van der Waals surface area contributed by atoms with Gasteiger partial charge >= 0.3 is 7.12 Å². The van der Waals surface area contributed by atoms with Crippen molar-refractivity contribution in [2.24, 2.45) is 0 Å². The van der Waals surface area contributed by atoms with E-state index in [0.717, 1.165) is 17.8 Å². The van der Waals surface area contributed by atoms with Crippen molar-refractivity contribution >= 4 is 18.7 Å². The third-order valence-corrected chi connectivity index (χ3v) is 4.79. The van der Waals surface area contributed by atoms with Gasteiger partial charge in [0.2, 0.25) is 0 Å². The van der Waals surface area contributed by atoms with Crippen molar-refractivity contribution in [1.82, 2.24) is 0 Å². The number of hydrogen-bond acceptors (Lipinski definition) is 2. The molecule has 1 atom stereocenters. The summed E-state index contributed by atoms with van der Waals surface area (Å²) >= 11 is 6.11. The van der Waals surface area contributed by atoms with Crippen LogP contribution in [-0.2, 0) is 9.31 Å². The van der Waals surface area contributed by atoms with Gasteiger partial charge in [0, 0.05) is 5.02 Å². The van der Waals surface area contributed by atoms with Gasteiger partial charge in [-0.2, -0.15) is 0 Å². The predicted molar refractivity (Wildman–Crippen MR) is 89.9 cm³/mol. The molecule has 1 aromatic carbocycles. The maximum Gasteiger partial charge on any atom is 0.458 e. The van der Waals surface area contributed by atoms with Crippen LogP contribution in [-0.4, -0.2) is 18.3 Å². The molecule has 2 rings (SSSR count). The summed E-state index contributed by atoms with van der Waals surface area (Å²) in [5.41, 5.74) is 0.632. The summed E-state index contributed by atoms with van der Waals surface area (Å²) in [7, 11) is -0.195. The van der Waals surface area contributed by atoms with Gasteiger partial charge in [0.15, 0.2) is 0 Å². The second-order valence-corrected chi connectivity index (χ2v) is 7.13. The second-order valence-electron chi connectivity index (χ2n) is 6.70. The molecule has 0 aromatic heterocycles. The van der Waals surface area contributed by atoms with Crippen LogP contribution in [0.25, 0.3) is 0 Å². The molecule has 1 aliphatic rings. The van der Waals surface area contributed by atoms with Gasteiger partial charge in [0.05, 0.1) is 11.2 Å². The summed E-state index contributed by atoms with van der Waals surface area (Å²) in [6.07, 6.45) is 3.63. The summed E-state index contributed by atoms with van der Waals surface area (Å²) in [5, 5.41) is 0.760. The van der Waals surface area contributed by atoms with Crippen molar-refractivity contribution < 1.29 is 9.31 Å². The fourth-order valence-corrected chi connectivity index (χ4v) is 2.82. The van der Waals surface area contributed by atoms with Crippen LogP contribution in [0.5, 0.6) is 0 Å². The lowest BCUT2D eigenvalue weighted by molar-refractivity contribution is 0.00578. The molecule has 0 N–H and O–H groups in total. The number of hydrogen-bond donors (Lipinski definition) is 0. The first-order valence-electron chi connectivity index (χ1n) is 7.47. The van der Waals surface area contributed by atoms with Crippen molar-refractivity contribution in [2.75, 3.05) is 0 Å². The topological polar surface area (TPSA) is 18.5 Å². The molecule has 0 bridgehead atoms. The van der Waals surface area contributed by atoms with Crippen molar-refractivity contribution in [3.63, 3.8) is 0 Å². The van der Waals surface area contributed by atoms with E-state index in [9.17, 15) is 0 Å². The van der Waals surface area contributed by atoms with E-state index in [-0.39, 0.29) is 18.3 Å². The van der Waals surface area contributed by atoms with Gasteiger partial charge < -0.3 is 9.31 Å². The number of rotatable bonds is 5. The molecule has 21 heavy (non-hydrogen) atoms. The van der Waals surface area contributed by atoms with Crippen LogP contribution in [0.1, 0.15) is 45.6 Å². The van der Waals surface area contributed by atoms with Crippen molar-refractivity contribution in [2.45, 2.75) is 57.6 Å². The van der Waals surface area contributed by atoms with Crippen LogP contribution < -0.4 is 0 Å². The molecule has 0 unspecified atom stereocenters. The van der Waals surface area contributed by atoms with Gasteiger partial charge in [-0.25, -0.2) is 0 Å². The van der Waals surface area contributed by atoms with Crippen LogP contribution in [0.4, 0.5) is 0 Å². The fourth-order valence-electron chi connectivity index (χ4n) is 2.62. The van der Waals surface area contributed by atoms with E-state index in [1.807, 2.05) is 24.3 Å². The Morgan fingerprint density at radius 2 is 1.86 bits per heavy atom. The highest BCUT2D eigenvalue weighted by molar-refractivity contribution is 6.45. The molecule has 0 saturated carbocycles. The molecule has 0 spiro atoms. The molecule has 114 valence electrons. The standard InChI is InChI=1S/C17H24BClO2/c1-6-8-14(13-9-7-10-15(19)11-13)12-18-20-16(2,3)17(4,5)21-18/h6-7,9-11,14H,1,8,12H2,2-5H3/t14-/m1/s1. The Kier molecular flexibility index (Phi) is 4.87. The molecule has 2 nitrogen and oxygen atoms in total. The Morgan fingerprint density at radius 1 is 1.24 bits per heavy atom. The summed E-state index contributed by atoms with van der Waals surface area (Å²) in [6.45, 7) is 12.2. The lowest BCUT2D eigenvalue weighted by Crippen LogP contribution is -2.41. The lowest BCUT2D eigenvalue weighted by Gasteiger charge is -2.32. The van der Waals surface area contributed by atoms with Gasteiger partial charge in [-0.15, -0.1) is 6.58 Å². The SMILES string of the molecule is C=CC[C@H](CB1OC(C)(C)C(C)(C)O1)c1cccc(Cl)c1. The quantitative estimate of drug-likeness (QED) is 0.557. The van der Waals surface area contributed by atoms with E-state index in [1.54, 1.807) is 0 Å². The minimum atomic E-state index is -0.287. The highest BCUT2D eigenvalue weighted by Crippen LogP contribution is 2.40. The first-order valence-corrected chi connectivity index (χ1v) is 7.85. The largest absolute Gasteiger partial charge is 0.458 e. The molecule has 0 aliphatic carbocycles. The number of allylic oxidation sites excluding steroid dienone is 1. The van der Waals surface area contributed by atoms with E-state index in [1.165, 1.54) is 5.56 Å². The maximum atomic E-state index is 6.11. The summed E-state index contributed by atoms with van der Waals surface area (Å²) in [4.78, 5) is 0. The van der Waals surface area contributed by atoms with Gasteiger partial charge in [0.1, 0.15) is 0 Å². The number of benzene rings is 1. The molecule has 1 fully saturated rings. The Balaban J connectivity index is 2.13. The van der Waals surface area contributed by atoms with Crippen LogP contribution in [0.15, 0.2) is 36.9 Å². The minimum Gasteiger partial charge on any atom is -0.403 e. The van der Waals surface area contributed by atoms with E-state index < -0.39 is 0 Å². The normalized spacial score (nSPS) is 21.3. The maximum absolute atomic E-state index is 6.11. The van der Waals surface area contributed by atoms with Crippen LogP contribution in [0.2, 0.25) is 11.3 Å². The Morgan fingerprint density at radius 3 is 2.38 bits per heavy atom. The molecule has 1 aliphatic heterocycles. The Bertz CT molecular complexity index is 497.